The van der Waals surface area contributed by atoms with Gasteiger partial charge in [-0.3, -0.25) is 0 Å². The first-order valence-electron chi connectivity index (χ1n) is 17.0. The van der Waals surface area contributed by atoms with Crippen molar-refractivity contribution in [2.75, 3.05) is 46.6 Å². The molecule has 1 unspecified atom stereocenters. The molecule has 45 heavy (non-hydrogen) atoms. The van der Waals surface area contributed by atoms with Crippen molar-refractivity contribution in [3.8, 4) is 0 Å². The molecule has 2 saturated heterocycles. The van der Waals surface area contributed by atoms with Gasteiger partial charge >= 0.3 is 0 Å². The van der Waals surface area contributed by atoms with Crippen LogP contribution in [0.4, 0.5) is 22.7 Å². The molecular formula is C37H46N8. The first-order valence-corrected chi connectivity index (χ1v) is 17.0. The van der Waals surface area contributed by atoms with Crippen LogP contribution in [0.3, 0.4) is 0 Å². The van der Waals surface area contributed by atoms with Gasteiger partial charge in [0.1, 0.15) is 11.8 Å². The summed E-state index contributed by atoms with van der Waals surface area (Å²) < 4.78 is 0. The van der Waals surface area contributed by atoms with E-state index in [2.05, 4.69) is 103 Å². The first-order chi connectivity index (χ1) is 21.9. The molecule has 2 fully saturated rings. The Morgan fingerprint density at radius 3 is 1.71 bits per heavy atom. The van der Waals surface area contributed by atoms with Crippen LogP contribution in [0, 0.1) is 5.92 Å². The topological polar surface area (TPSA) is 80.0 Å². The van der Waals surface area contributed by atoms with Gasteiger partial charge in [-0.05, 0) is 115 Å². The van der Waals surface area contributed by atoms with Crippen LogP contribution in [0.15, 0.2) is 80.3 Å². The predicted molar refractivity (Wildman–Crippen MR) is 191 cm³/mol. The second-order valence-electron chi connectivity index (χ2n) is 13.4. The van der Waals surface area contributed by atoms with Gasteiger partial charge in [-0.1, -0.05) is 6.08 Å². The number of nitrogens with one attached hydrogen (secondary N) is 2. The second-order valence-corrected chi connectivity index (χ2v) is 13.4. The van der Waals surface area contributed by atoms with Crippen molar-refractivity contribution in [1.29, 1.82) is 0 Å². The summed E-state index contributed by atoms with van der Waals surface area (Å²) in [5, 5.41) is 7.38. The molecular weight excluding hydrogens is 556 g/mol. The van der Waals surface area contributed by atoms with Crippen LogP contribution in [0.25, 0.3) is 0 Å². The third-order valence-electron chi connectivity index (χ3n) is 9.11. The maximum absolute atomic E-state index is 5.17. The third kappa shape index (κ3) is 6.20. The fraction of sp³-hybridized carbons (Fsp3) is 0.459. The fourth-order valence-corrected chi connectivity index (χ4v) is 6.98. The minimum absolute atomic E-state index is 0.147. The molecule has 0 radical (unpaired) electrons. The van der Waals surface area contributed by atoms with E-state index in [1.165, 1.54) is 49.9 Å². The van der Waals surface area contributed by atoms with Crippen molar-refractivity contribution in [1.82, 2.24) is 0 Å². The van der Waals surface area contributed by atoms with E-state index in [0.717, 1.165) is 65.9 Å². The van der Waals surface area contributed by atoms with Gasteiger partial charge in [0.05, 0.1) is 11.4 Å². The molecule has 0 saturated carbocycles. The highest BCUT2D eigenvalue weighted by Gasteiger charge is 2.35. The third-order valence-corrected chi connectivity index (χ3v) is 9.11. The molecule has 5 aliphatic rings. The summed E-state index contributed by atoms with van der Waals surface area (Å²) in [5.41, 5.74) is 8.52. The van der Waals surface area contributed by atoms with Crippen LogP contribution in [-0.2, 0) is 0 Å². The number of anilines is 4. The van der Waals surface area contributed by atoms with Crippen molar-refractivity contribution in [3.63, 3.8) is 0 Å². The average Bonchev–Trinajstić information content (AvgIpc) is 3.05. The summed E-state index contributed by atoms with van der Waals surface area (Å²) in [6.07, 6.45) is 13.8. The largest absolute Gasteiger partial charge is 0.382 e. The van der Waals surface area contributed by atoms with Gasteiger partial charge in [0.15, 0.2) is 11.7 Å². The van der Waals surface area contributed by atoms with Gasteiger partial charge in [0.2, 0.25) is 0 Å². The maximum atomic E-state index is 5.17. The zero-order chi connectivity index (χ0) is 30.9. The molecule has 0 amide bonds. The van der Waals surface area contributed by atoms with E-state index in [1.807, 2.05) is 0 Å². The number of piperidine rings is 2. The summed E-state index contributed by atoms with van der Waals surface area (Å²) in [5.74, 6) is 2.00. The fourth-order valence-electron chi connectivity index (χ4n) is 6.98. The molecule has 4 heterocycles. The smallest absolute Gasteiger partial charge is 0.163 e. The lowest BCUT2D eigenvalue weighted by atomic mass is 9.90. The van der Waals surface area contributed by atoms with Crippen LogP contribution in [0.1, 0.15) is 77.3 Å². The van der Waals surface area contributed by atoms with E-state index in [-0.39, 0.29) is 18.0 Å². The van der Waals surface area contributed by atoms with Gasteiger partial charge in [-0.2, -0.15) is 0 Å². The number of benzene rings is 2. The molecule has 2 aromatic rings. The van der Waals surface area contributed by atoms with Crippen LogP contribution in [0.5, 0.6) is 0 Å². The van der Waals surface area contributed by atoms with Crippen LogP contribution in [-0.4, -0.2) is 61.5 Å². The van der Waals surface area contributed by atoms with E-state index in [1.54, 1.807) is 0 Å². The standard InChI is InChI=1S/C37H46N8/c1-24(2)38-32-22-26(44-18-7-5-8-19-44)14-16-28(32)35-40-30-12-11-13-31-34(30)37(42-35)43-36(41-31)29-17-15-27(23-33(29)39-25(3)4)45-20-9-6-10-21-45/h11-17,22-25,34,38-39H,5-10,18-21H2,1-4H3. The minimum Gasteiger partial charge on any atom is -0.382 e. The van der Waals surface area contributed by atoms with E-state index >= 15 is 0 Å². The summed E-state index contributed by atoms with van der Waals surface area (Å²) in [4.78, 5) is 25.5. The zero-order valence-corrected chi connectivity index (χ0v) is 27.2. The van der Waals surface area contributed by atoms with Gasteiger partial charge in [-0.15, -0.1) is 0 Å². The van der Waals surface area contributed by atoms with Gasteiger partial charge < -0.3 is 20.4 Å². The molecule has 0 spiro atoms. The quantitative estimate of drug-likeness (QED) is 0.329. The van der Waals surface area contributed by atoms with Crippen molar-refractivity contribution < 1.29 is 0 Å². The van der Waals surface area contributed by atoms with Crippen LogP contribution in [0.2, 0.25) is 0 Å². The summed E-state index contributed by atoms with van der Waals surface area (Å²) in [6, 6.07) is 13.9. The molecule has 0 bridgehead atoms. The van der Waals surface area contributed by atoms with Crippen LogP contribution >= 0.6 is 0 Å². The van der Waals surface area contributed by atoms with Crippen LogP contribution < -0.4 is 20.4 Å². The summed E-state index contributed by atoms with van der Waals surface area (Å²) in [6.45, 7) is 13.1. The van der Waals surface area contributed by atoms with E-state index in [4.69, 9.17) is 20.0 Å². The lowest BCUT2D eigenvalue weighted by Crippen LogP contribution is -2.34. The normalized spacial score (nSPS) is 21.1. The Balaban J connectivity index is 1.28. The SMILES string of the molecule is CC(C)Nc1cc(N2CCCCC2)ccc1C1=NC2=CC=CC3=NC(c4ccc(N5CCCCC5)cc4NC(C)C)=NC(=N1)C23. The Bertz CT molecular complexity index is 1550. The number of amidine groups is 3. The molecule has 1 atom stereocenters. The maximum Gasteiger partial charge on any atom is 0.163 e. The Morgan fingerprint density at radius 2 is 1.18 bits per heavy atom. The molecule has 8 heteroatoms. The molecule has 0 aromatic heterocycles. The molecule has 2 aromatic carbocycles. The van der Waals surface area contributed by atoms with E-state index < -0.39 is 0 Å². The number of rotatable bonds is 8. The number of aliphatic imine (C=N–C) groups is 4. The number of hydrogen-bond donors (Lipinski definition) is 2. The highest BCUT2D eigenvalue weighted by molar-refractivity contribution is 6.30. The molecule has 8 nitrogen and oxygen atoms in total. The first kappa shape index (κ1) is 29.5. The number of allylic oxidation sites excluding steroid dienone is 3. The van der Waals surface area contributed by atoms with Crippen molar-refractivity contribution in [2.45, 2.75) is 78.3 Å². The average molecular weight is 603 g/mol. The minimum atomic E-state index is -0.147. The lowest BCUT2D eigenvalue weighted by Gasteiger charge is -2.31. The van der Waals surface area contributed by atoms with Gasteiger partial charge in [-0.25, -0.2) is 20.0 Å². The molecule has 4 aliphatic heterocycles. The van der Waals surface area contributed by atoms with E-state index in [9.17, 15) is 0 Å². The van der Waals surface area contributed by atoms with Crippen molar-refractivity contribution in [3.05, 3.63) is 71.5 Å². The Labute approximate surface area is 267 Å². The number of nitrogens with zero attached hydrogens (tertiary/aromatic N) is 6. The second kappa shape index (κ2) is 12.7. The molecule has 234 valence electrons. The molecule has 1 aliphatic carbocycles. The predicted octanol–water partition coefficient (Wildman–Crippen LogP) is 7.44. The monoisotopic (exact) mass is 602 g/mol. The Kier molecular flexibility index (Phi) is 8.30. The van der Waals surface area contributed by atoms with Gasteiger partial charge in [0, 0.05) is 72.1 Å². The van der Waals surface area contributed by atoms with Crippen molar-refractivity contribution in [2.24, 2.45) is 25.9 Å². The molecule has 7 rings (SSSR count). The van der Waals surface area contributed by atoms with Gasteiger partial charge in [0.25, 0.3) is 0 Å². The Hall–Kier alpha value is -4.20. The Morgan fingerprint density at radius 1 is 0.644 bits per heavy atom. The number of hydrogen-bond acceptors (Lipinski definition) is 8. The van der Waals surface area contributed by atoms with Crippen molar-refractivity contribution >= 4 is 46.0 Å². The lowest BCUT2D eigenvalue weighted by molar-refractivity contribution is 0.578. The summed E-state index contributed by atoms with van der Waals surface area (Å²) in [7, 11) is 0. The zero-order valence-electron chi connectivity index (χ0n) is 27.2. The summed E-state index contributed by atoms with van der Waals surface area (Å²) >= 11 is 0. The highest BCUT2D eigenvalue weighted by atomic mass is 15.1. The molecule has 2 N–H and O–H groups in total. The highest BCUT2D eigenvalue weighted by Crippen LogP contribution is 2.35. The van der Waals surface area contributed by atoms with E-state index in [0.29, 0.717) is 11.7 Å².